The Morgan fingerprint density at radius 1 is 1.04 bits per heavy atom. The highest BCUT2D eigenvalue weighted by Crippen LogP contribution is 2.25. The first-order valence-corrected chi connectivity index (χ1v) is 7.83. The summed E-state index contributed by atoms with van der Waals surface area (Å²) in [5.74, 6) is -0.606. The van der Waals surface area contributed by atoms with Gasteiger partial charge in [-0.15, -0.1) is 12.4 Å². The number of phenols is 2. The van der Waals surface area contributed by atoms with Crippen LogP contribution < -0.4 is 5.32 Å². The summed E-state index contributed by atoms with van der Waals surface area (Å²) in [5.41, 5.74) is 1.67. The van der Waals surface area contributed by atoms with Crippen molar-refractivity contribution in [2.24, 2.45) is 0 Å². The maximum Gasteiger partial charge on any atom is 0.179 e. The zero-order valence-electron chi connectivity index (χ0n) is 13.9. The number of hydrogen-bond donors (Lipinski definition) is 3. The third-order valence-electron chi connectivity index (χ3n) is 3.90. The largest absolute Gasteiger partial charge is 0.504 e. The fourth-order valence-corrected chi connectivity index (χ4v) is 2.54. The SMILES string of the molecule is CC(CCc1ccccc1)NC(C)C(=O)c1ccc(O)c(O)c1.Cl. The Morgan fingerprint density at radius 2 is 1.71 bits per heavy atom. The van der Waals surface area contributed by atoms with Gasteiger partial charge in [-0.25, -0.2) is 0 Å². The predicted molar refractivity (Wildman–Crippen MR) is 98.2 cm³/mol. The maximum atomic E-state index is 12.4. The van der Waals surface area contributed by atoms with Gasteiger partial charge in [-0.3, -0.25) is 4.79 Å². The van der Waals surface area contributed by atoms with Gasteiger partial charge in [0.15, 0.2) is 17.3 Å². The Bertz CT molecular complexity index is 661. The smallest absolute Gasteiger partial charge is 0.179 e. The summed E-state index contributed by atoms with van der Waals surface area (Å²) in [6, 6.07) is 14.2. The number of rotatable bonds is 7. The maximum absolute atomic E-state index is 12.4. The molecule has 5 heteroatoms. The van der Waals surface area contributed by atoms with Crippen molar-refractivity contribution in [2.75, 3.05) is 0 Å². The van der Waals surface area contributed by atoms with Crippen molar-refractivity contribution in [3.63, 3.8) is 0 Å². The van der Waals surface area contributed by atoms with Gasteiger partial charge in [0.05, 0.1) is 6.04 Å². The molecule has 0 aromatic heterocycles. The van der Waals surface area contributed by atoms with Crippen LogP contribution in [0.4, 0.5) is 0 Å². The fourth-order valence-electron chi connectivity index (χ4n) is 2.54. The molecule has 130 valence electrons. The third kappa shape index (κ3) is 5.55. The number of halogens is 1. The molecule has 0 aliphatic heterocycles. The lowest BCUT2D eigenvalue weighted by Gasteiger charge is -2.19. The molecular weight excluding hydrogens is 326 g/mol. The van der Waals surface area contributed by atoms with Crippen molar-refractivity contribution in [3.05, 3.63) is 59.7 Å². The molecule has 2 rings (SSSR count). The topological polar surface area (TPSA) is 69.6 Å². The number of phenolic OH excluding ortho intramolecular Hbond substituents is 2. The number of hydrogen-bond acceptors (Lipinski definition) is 4. The van der Waals surface area contributed by atoms with E-state index in [4.69, 9.17) is 0 Å². The van der Waals surface area contributed by atoms with E-state index >= 15 is 0 Å². The van der Waals surface area contributed by atoms with Gasteiger partial charge < -0.3 is 15.5 Å². The number of aryl methyl sites for hydroxylation is 1. The van der Waals surface area contributed by atoms with Crippen LogP contribution in [0, 0.1) is 0 Å². The molecule has 0 saturated heterocycles. The summed E-state index contributed by atoms with van der Waals surface area (Å²) in [6.45, 7) is 3.87. The van der Waals surface area contributed by atoms with Crippen molar-refractivity contribution in [3.8, 4) is 11.5 Å². The van der Waals surface area contributed by atoms with Gasteiger partial charge >= 0.3 is 0 Å². The summed E-state index contributed by atoms with van der Waals surface area (Å²) in [4.78, 5) is 12.4. The minimum Gasteiger partial charge on any atom is -0.504 e. The van der Waals surface area contributed by atoms with Crippen molar-refractivity contribution in [2.45, 2.75) is 38.8 Å². The van der Waals surface area contributed by atoms with Gasteiger partial charge in [0.2, 0.25) is 0 Å². The normalized spacial score (nSPS) is 12.9. The monoisotopic (exact) mass is 349 g/mol. The van der Waals surface area contributed by atoms with Crippen LogP contribution in [0.15, 0.2) is 48.5 Å². The standard InChI is InChI=1S/C19H23NO3.ClH/c1-13(8-9-15-6-4-3-5-7-15)20-14(2)19(23)16-10-11-17(21)18(22)12-16;/h3-7,10-14,20-22H,8-9H2,1-2H3;1H. The molecule has 0 spiro atoms. The summed E-state index contributed by atoms with van der Waals surface area (Å²) in [5, 5.41) is 22.1. The van der Waals surface area contributed by atoms with E-state index in [2.05, 4.69) is 24.4 Å². The Balaban J connectivity index is 0.00000288. The fraction of sp³-hybridized carbons (Fsp3) is 0.316. The molecule has 0 aliphatic carbocycles. The molecule has 0 aliphatic rings. The van der Waals surface area contributed by atoms with E-state index in [9.17, 15) is 15.0 Å². The Kier molecular flexibility index (Phi) is 7.75. The highest BCUT2D eigenvalue weighted by molar-refractivity contribution is 6.00. The number of aromatic hydroxyl groups is 2. The van der Waals surface area contributed by atoms with Gasteiger partial charge in [0.1, 0.15) is 0 Å². The third-order valence-corrected chi connectivity index (χ3v) is 3.90. The van der Waals surface area contributed by atoms with Crippen LogP contribution in [-0.2, 0) is 6.42 Å². The Hall–Kier alpha value is -2.04. The van der Waals surface area contributed by atoms with Gasteiger partial charge in [-0.05, 0) is 50.5 Å². The van der Waals surface area contributed by atoms with E-state index in [0.717, 1.165) is 12.8 Å². The number of carbonyl (C=O) groups is 1. The average molecular weight is 350 g/mol. The molecule has 2 aromatic rings. The molecule has 4 nitrogen and oxygen atoms in total. The van der Waals surface area contributed by atoms with Crippen LogP contribution in [0.25, 0.3) is 0 Å². The number of carbonyl (C=O) groups excluding carboxylic acids is 1. The lowest BCUT2D eigenvalue weighted by Crippen LogP contribution is -2.40. The van der Waals surface area contributed by atoms with Crippen molar-refractivity contribution in [1.29, 1.82) is 0 Å². The van der Waals surface area contributed by atoms with Crippen LogP contribution in [0.1, 0.15) is 36.2 Å². The van der Waals surface area contributed by atoms with E-state index in [0.29, 0.717) is 5.56 Å². The van der Waals surface area contributed by atoms with Gasteiger partial charge in [-0.2, -0.15) is 0 Å². The zero-order chi connectivity index (χ0) is 16.8. The summed E-state index contributed by atoms with van der Waals surface area (Å²) < 4.78 is 0. The lowest BCUT2D eigenvalue weighted by molar-refractivity contribution is 0.0944. The second kappa shape index (κ2) is 9.30. The second-order valence-electron chi connectivity index (χ2n) is 5.88. The predicted octanol–water partition coefficient (Wildman–Crippen LogP) is 3.70. The molecule has 2 aromatic carbocycles. The van der Waals surface area contributed by atoms with E-state index in [-0.39, 0.29) is 41.8 Å². The molecule has 0 heterocycles. The van der Waals surface area contributed by atoms with Crippen molar-refractivity contribution < 1.29 is 15.0 Å². The Morgan fingerprint density at radius 3 is 2.33 bits per heavy atom. The van der Waals surface area contributed by atoms with Gasteiger partial charge in [-0.1, -0.05) is 30.3 Å². The first-order chi connectivity index (χ1) is 11.0. The highest BCUT2D eigenvalue weighted by Gasteiger charge is 2.18. The minimum atomic E-state index is -0.357. The van der Waals surface area contributed by atoms with Crippen molar-refractivity contribution in [1.82, 2.24) is 5.32 Å². The summed E-state index contributed by atoms with van der Waals surface area (Å²) in [6.07, 6.45) is 1.89. The van der Waals surface area contributed by atoms with E-state index in [1.807, 2.05) is 25.1 Å². The molecule has 24 heavy (non-hydrogen) atoms. The van der Waals surface area contributed by atoms with Crippen LogP contribution in [0.5, 0.6) is 11.5 Å². The van der Waals surface area contributed by atoms with Gasteiger partial charge in [0.25, 0.3) is 0 Å². The van der Waals surface area contributed by atoms with E-state index < -0.39 is 0 Å². The van der Waals surface area contributed by atoms with Crippen LogP contribution in [-0.4, -0.2) is 28.1 Å². The Labute approximate surface area is 148 Å². The first-order valence-electron chi connectivity index (χ1n) is 7.83. The molecular formula is C19H24ClNO3. The lowest BCUT2D eigenvalue weighted by atomic mass is 10.0. The van der Waals surface area contributed by atoms with Crippen LogP contribution >= 0.6 is 12.4 Å². The first kappa shape index (κ1) is 20.0. The minimum absolute atomic E-state index is 0. The quantitative estimate of drug-likeness (QED) is 0.526. The molecule has 0 fully saturated rings. The summed E-state index contributed by atoms with van der Waals surface area (Å²) in [7, 11) is 0. The van der Waals surface area contributed by atoms with E-state index in [1.54, 1.807) is 0 Å². The van der Waals surface area contributed by atoms with Crippen molar-refractivity contribution >= 4 is 18.2 Å². The molecule has 0 amide bonds. The molecule has 3 N–H and O–H groups in total. The second-order valence-corrected chi connectivity index (χ2v) is 5.88. The van der Waals surface area contributed by atoms with E-state index in [1.165, 1.54) is 23.8 Å². The van der Waals surface area contributed by atoms with Crippen LogP contribution in [0.3, 0.4) is 0 Å². The molecule has 0 bridgehead atoms. The number of Topliss-reactive ketones (excluding diaryl/α,β-unsaturated/α-hetero) is 1. The number of ketones is 1. The molecule has 0 radical (unpaired) electrons. The molecule has 0 saturated carbocycles. The molecule has 2 unspecified atom stereocenters. The number of nitrogens with one attached hydrogen (secondary N) is 1. The summed E-state index contributed by atoms with van der Waals surface area (Å²) >= 11 is 0. The zero-order valence-corrected chi connectivity index (χ0v) is 14.7. The molecule has 2 atom stereocenters. The number of benzene rings is 2. The average Bonchev–Trinajstić information content (AvgIpc) is 2.55. The van der Waals surface area contributed by atoms with Crippen LogP contribution in [0.2, 0.25) is 0 Å². The highest BCUT2D eigenvalue weighted by atomic mass is 35.5. The van der Waals surface area contributed by atoms with Gasteiger partial charge in [0, 0.05) is 11.6 Å².